The molecule has 61 heavy (non-hydrogen) atoms. The fourth-order valence-electron chi connectivity index (χ4n) is 6.97. The quantitative estimate of drug-likeness (QED) is 0.124. The number of carbonyl (C=O) groups is 1. The third-order valence-electron chi connectivity index (χ3n) is 9.90. The van der Waals surface area contributed by atoms with Gasteiger partial charge in [-0.05, 0) is 102 Å². The number of amides is 1. The average Bonchev–Trinajstić information content (AvgIpc) is 3.87. The van der Waals surface area contributed by atoms with Crippen LogP contribution in [0.1, 0.15) is 58.6 Å². The highest BCUT2D eigenvalue weighted by Gasteiger charge is 2.32. The lowest BCUT2D eigenvalue weighted by Gasteiger charge is -2.34. The zero-order valence-corrected chi connectivity index (χ0v) is 34.0. The Morgan fingerprint density at radius 3 is 2.08 bits per heavy atom. The molecule has 7 aromatic rings. The molecule has 1 fully saturated rings. The number of nitrogens with zero attached hydrogens (tertiary/aromatic N) is 5. The molecule has 18 heteroatoms. The molecule has 0 aliphatic carbocycles. The van der Waals surface area contributed by atoms with E-state index in [4.69, 9.17) is 11.6 Å². The summed E-state index contributed by atoms with van der Waals surface area (Å²) in [4.78, 5) is 28.2. The molecule has 5 heterocycles. The van der Waals surface area contributed by atoms with Crippen LogP contribution in [0.2, 0.25) is 5.02 Å². The first-order chi connectivity index (χ1) is 29.2. The van der Waals surface area contributed by atoms with Gasteiger partial charge in [-0.15, -0.1) is 37.7 Å². The molecule has 0 saturated carbocycles. The fourth-order valence-corrected chi connectivity index (χ4v) is 7.94. The first-order valence-electron chi connectivity index (χ1n) is 19.1. The van der Waals surface area contributed by atoms with Gasteiger partial charge in [-0.1, -0.05) is 54.9 Å². The first kappa shape index (κ1) is 43.0. The summed E-state index contributed by atoms with van der Waals surface area (Å²) in [5.74, 6) is 0.354. The Hall–Kier alpha value is -6.07. The van der Waals surface area contributed by atoms with Crippen molar-refractivity contribution in [3.8, 4) is 11.5 Å². The number of halogens is 7. The Bertz CT molecular complexity index is 2560. The topological polar surface area (TPSA) is 106 Å². The number of pyridine rings is 1. The van der Waals surface area contributed by atoms with E-state index in [2.05, 4.69) is 52.1 Å². The standard InChI is InChI=1S/C29H28ClF3N4O2.C14H10F3N3OS/c1-2-25-27(37-18-22(30)7-12-26(37)35-25)28(38)34-17-19-3-8-23(9-4-19)36-15-13-21(14-16-36)20-5-10-24(11-6-20)39-29(31,32)33;15-14(16,17)21-10-3-1-9(2-4-10)7-18-13-12-11(5-6-22-12)19-8-20-13/h3-12,18,21H,2,13-17H2,1H3,(H,34,38);1-6,8H,7H2,(H,18,19,20). The number of piperidine rings is 1. The highest BCUT2D eigenvalue weighted by molar-refractivity contribution is 7.17. The van der Waals surface area contributed by atoms with E-state index in [9.17, 15) is 31.1 Å². The summed E-state index contributed by atoms with van der Waals surface area (Å²) in [5.41, 5.74) is 6.68. The lowest BCUT2D eigenvalue weighted by atomic mass is 9.89. The molecule has 1 aliphatic heterocycles. The van der Waals surface area contributed by atoms with E-state index in [1.165, 1.54) is 41.9 Å². The number of alkyl halides is 6. The lowest BCUT2D eigenvalue weighted by molar-refractivity contribution is -0.275. The largest absolute Gasteiger partial charge is 0.573 e. The van der Waals surface area contributed by atoms with E-state index in [1.54, 1.807) is 47.0 Å². The van der Waals surface area contributed by atoms with Crippen LogP contribution in [-0.2, 0) is 19.5 Å². The predicted molar refractivity (Wildman–Crippen MR) is 222 cm³/mol. The van der Waals surface area contributed by atoms with Gasteiger partial charge >= 0.3 is 12.7 Å². The van der Waals surface area contributed by atoms with Crippen molar-refractivity contribution in [2.24, 2.45) is 0 Å². The van der Waals surface area contributed by atoms with Crippen molar-refractivity contribution < 1.29 is 40.6 Å². The Balaban J connectivity index is 0.000000215. The summed E-state index contributed by atoms with van der Waals surface area (Å²) < 4.78 is 83.9. The first-order valence-corrected chi connectivity index (χ1v) is 20.4. The summed E-state index contributed by atoms with van der Waals surface area (Å²) >= 11 is 7.67. The molecular formula is C43H38ClF6N7O3S. The second-order valence-electron chi connectivity index (χ2n) is 14.0. The molecule has 0 spiro atoms. The molecule has 0 unspecified atom stereocenters. The number of hydrogen-bond donors (Lipinski definition) is 2. The molecule has 318 valence electrons. The molecule has 2 N–H and O–H groups in total. The van der Waals surface area contributed by atoms with Gasteiger partial charge < -0.3 is 25.0 Å². The molecule has 3 aromatic carbocycles. The minimum Gasteiger partial charge on any atom is -0.406 e. The Morgan fingerprint density at radius 2 is 1.44 bits per heavy atom. The van der Waals surface area contributed by atoms with Gasteiger partial charge in [-0.2, -0.15) is 0 Å². The van der Waals surface area contributed by atoms with Crippen molar-refractivity contribution in [2.45, 2.75) is 57.9 Å². The van der Waals surface area contributed by atoms with E-state index in [0.717, 1.165) is 64.2 Å². The maximum absolute atomic E-state index is 13.0. The van der Waals surface area contributed by atoms with Gasteiger partial charge in [-0.3, -0.25) is 9.20 Å². The van der Waals surface area contributed by atoms with Gasteiger partial charge in [0.25, 0.3) is 5.91 Å². The van der Waals surface area contributed by atoms with Gasteiger partial charge in [0.05, 0.1) is 20.9 Å². The van der Waals surface area contributed by atoms with Crippen LogP contribution < -0.4 is 25.0 Å². The maximum atomic E-state index is 13.0. The number of rotatable bonds is 11. The number of nitrogens with one attached hydrogen (secondary N) is 2. The van der Waals surface area contributed by atoms with E-state index in [0.29, 0.717) is 41.7 Å². The molecule has 4 aromatic heterocycles. The number of fused-ring (bicyclic) bond motifs is 2. The van der Waals surface area contributed by atoms with Crippen molar-refractivity contribution in [3.05, 3.63) is 142 Å². The van der Waals surface area contributed by atoms with Gasteiger partial charge in [0, 0.05) is 38.1 Å². The fraction of sp³-hybridized carbons (Fsp3) is 0.256. The summed E-state index contributed by atoms with van der Waals surface area (Å²) in [5, 5.41) is 8.61. The minimum atomic E-state index is -4.68. The summed E-state index contributed by atoms with van der Waals surface area (Å²) in [7, 11) is 0. The zero-order valence-electron chi connectivity index (χ0n) is 32.4. The number of ether oxygens (including phenoxy) is 2. The number of aromatic nitrogens is 4. The number of thiophene rings is 1. The zero-order chi connectivity index (χ0) is 43.1. The van der Waals surface area contributed by atoms with Gasteiger partial charge in [0.15, 0.2) is 0 Å². The van der Waals surface area contributed by atoms with Crippen molar-refractivity contribution in [1.82, 2.24) is 24.7 Å². The highest BCUT2D eigenvalue weighted by atomic mass is 35.5. The number of hydrogen-bond acceptors (Lipinski definition) is 9. The van der Waals surface area contributed by atoms with Gasteiger partial charge in [-0.25, -0.2) is 15.0 Å². The third-order valence-corrected chi connectivity index (χ3v) is 11.0. The van der Waals surface area contributed by atoms with Crippen molar-refractivity contribution >= 4 is 56.2 Å². The molecule has 1 amide bonds. The lowest BCUT2D eigenvalue weighted by Crippen LogP contribution is -2.32. The smallest absolute Gasteiger partial charge is 0.406 e. The van der Waals surface area contributed by atoms with Crippen LogP contribution in [-0.4, -0.2) is 51.1 Å². The van der Waals surface area contributed by atoms with Crippen molar-refractivity contribution in [1.29, 1.82) is 0 Å². The van der Waals surface area contributed by atoms with Crippen LogP contribution in [0.5, 0.6) is 11.5 Å². The monoisotopic (exact) mass is 881 g/mol. The van der Waals surface area contributed by atoms with Crippen molar-refractivity contribution in [3.63, 3.8) is 0 Å². The number of carbonyl (C=O) groups excluding carboxylic acids is 1. The van der Waals surface area contributed by atoms with Gasteiger partial charge in [0.2, 0.25) is 0 Å². The van der Waals surface area contributed by atoms with Crippen LogP contribution in [0.4, 0.5) is 37.8 Å². The second kappa shape index (κ2) is 18.7. The number of aryl methyl sites for hydroxylation is 1. The molecule has 0 bridgehead atoms. The second-order valence-corrected chi connectivity index (χ2v) is 15.3. The normalized spacial score (nSPS) is 13.5. The average molecular weight is 882 g/mol. The Kier molecular flexibility index (Phi) is 13.2. The van der Waals surface area contributed by atoms with Gasteiger partial charge in [0.1, 0.15) is 35.0 Å². The SMILES string of the molecule is CCc1nc2ccc(Cl)cn2c1C(=O)NCc1ccc(N2CCC(c3ccc(OC(F)(F)F)cc3)CC2)cc1.FC(F)(F)Oc1ccc(CNc2ncnc3ccsc23)cc1. The number of anilines is 2. The van der Waals surface area contributed by atoms with E-state index < -0.39 is 12.7 Å². The molecule has 0 radical (unpaired) electrons. The van der Waals surface area contributed by atoms with E-state index >= 15 is 0 Å². The van der Waals surface area contributed by atoms with E-state index in [1.807, 2.05) is 30.5 Å². The highest BCUT2D eigenvalue weighted by Crippen LogP contribution is 2.33. The number of benzene rings is 3. The van der Waals surface area contributed by atoms with Crippen molar-refractivity contribution in [2.75, 3.05) is 23.3 Å². The van der Waals surface area contributed by atoms with Crippen LogP contribution in [0.3, 0.4) is 0 Å². The Labute approximate surface area is 355 Å². The van der Waals surface area contributed by atoms with Crippen LogP contribution in [0.25, 0.3) is 15.9 Å². The summed E-state index contributed by atoms with van der Waals surface area (Å²) in [6.07, 6.45) is -3.75. The minimum absolute atomic E-state index is 0.200. The molecular weight excluding hydrogens is 844 g/mol. The molecule has 1 aliphatic rings. The summed E-state index contributed by atoms with van der Waals surface area (Å²) in [6.45, 7) is 4.48. The molecule has 8 rings (SSSR count). The predicted octanol–water partition coefficient (Wildman–Crippen LogP) is 11.0. The third kappa shape index (κ3) is 11.4. The Morgan fingerprint density at radius 1 is 0.820 bits per heavy atom. The maximum Gasteiger partial charge on any atom is 0.573 e. The van der Waals surface area contributed by atoms with Crippen LogP contribution >= 0.6 is 22.9 Å². The molecule has 1 saturated heterocycles. The molecule has 10 nitrogen and oxygen atoms in total. The number of imidazole rings is 1. The molecule has 0 atom stereocenters. The van der Waals surface area contributed by atoms with Crippen LogP contribution in [0.15, 0.2) is 109 Å². The van der Waals surface area contributed by atoms with Crippen LogP contribution in [0, 0.1) is 0 Å². The summed E-state index contributed by atoms with van der Waals surface area (Å²) in [6, 6.07) is 25.5. The van der Waals surface area contributed by atoms with E-state index in [-0.39, 0.29) is 23.3 Å².